The van der Waals surface area contributed by atoms with Crippen molar-refractivity contribution in [2.24, 2.45) is 11.8 Å². The van der Waals surface area contributed by atoms with E-state index in [1.165, 1.54) is 0 Å². The van der Waals surface area contributed by atoms with Gasteiger partial charge >= 0.3 is 5.97 Å². The van der Waals surface area contributed by atoms with E-state index in [9.17, 15) is 9.59 Å². The molecular weight excluding hydrogens is 270 g/mol. The van der Waals surface area contributed by atoms with Crippen molar-refractivity contribution in [2.75, 3.05) is 6.54 Å². The number of carbonyl (C=O) groups is 2. The second kappa shape index (κ2) is 5.92. The van der Waals surface area contributed by atoms with Crippen LogP contribution in [0.15, 0.2) is 22.8 Å². The highest BCUT2D eigenvalue weighted by Gasteiger charge is 2.38. The predicted octanol–water partition coefficient (Wildman–Crippen LogP) is 2.83. The van der Waals surface area contributed by atoms with Crippen LogP contribution in [0.3, 0.4) is 0 Å². The normalized spacial score (nSPS) is 29.5. The van der Waals surface area contributed by atoms with Gasteiger partial charge in [0, 0.05) is 12.5 Å². The maximum Gasteiger partial charge on any atom is 0.306 e. The molecule has 1 amide bonds. The van der Waals surface area contributed by atoms with Crippen molar-refractivity contribution in [1.82, 2.24) is 4.90 Å². The van der Waals surface area contributed by atoms with Crippen LogP contribution in [0.2, 0.25) is 0 Å². The van der Waals surface area contributed by atoms with Gasteiger partial charge in [-0.05, 0) is 44.2 Å². The molecule has 2 aliphatic rings. The summed E-state index contributed by atoms with van der Waals surface area (Å²) in [6.45, 7) is 0.748. The Bertz CT molecular complexity index is 510. The molecule has 1 aliphatic heterocycles. The summed E-state index contributed by atoms with van der Waals surface area (Å²) in [7, 11) is 0. The number of likely N-dealkylation sites (tertiary alicyclic amines) is 1. The lowest BCUT2D eigenvalue weighted by Gasteiger charge is -2.31. The number of aliphatic carboxylic acids is 1. The predicted molar refractivity (Wildman–Crippen MR) is 75.5 cm³/mol. The van der Waals surface area contributed by atoms with Gasteiger partial charge in [0.25, 0.3) is 0 Å². The van der Waals surface area contributed by atoms with Gasteiger partial charge in [0.05, 0.1) is 18.2 Å². The molecule has 1 aromatic heterocycles. The van der Waals surface area contributed by atoms with Crippen LogP contribution in [0.4, 0.5) is 0 Å². The minimum absolute atomic E-state index is 0.0257. The molecule has 2 heterocycles. The molecule has 114 valence electrons. The zero-order valence-corrected chi connectivity index (χ0v) is 12.0. The molecule has 2 fully saturated rings. The highest BCUT2D eigenvalue weighted by molar-refractivity contribution is 5.81. The third kappa shape index (κ3) is 2.82. The first-order valence-corrected chi connectivity index (χ1v) is 7.73. The summed E-state index contributed by atoms with van der Waals surface area (Å²) in [6.07, 6.45) is 6.35. The van der Waals surface area contributed by atoms with Gasteiger partial charge in [-0.15, -0.1) is 0 Å². The van der Waals surface area contributed by atoms with E-state index in [0.717, 1.165) is 38.0 Å². The Hall–Kier alpha value is -1.78. The molecule has 1 N–H and O–H groups in total. The third-order valence-electron chi connectivity index (χ3n) is 4.78. The number of hydrogen-bond acceptors (Lipinski definition) is 3. The summed E-state index contributed by atoms with van der Waals surface area (Å²) in [4.78, 5) is 25.8. The van der Waals surface area contributed by atoms with E-state index in [1.54, 1.807) is 6.26 Å². The molecule has 3 atom stereocenters. The van der Waals surface area contributed by atoms with E-state index >= 15 is 0 Å². The molecule has 0 spiro atoms. The molecule has 1 aromatic rings. The van der Waals surface area contributed by atoms with Gasteiger partial charge in [-0.25, -0.2) is 0 Å². The average Bonchev–Trinajstić information content (AvgIpc) is 3.17. The molecule has 1 aliphatic carbocycles. The van der Waals surface area contributed by atoms with Gasteiger partial charge in [-0.2, -0.15) is 0 Å². The smallest absolute Gasteiger partial charge is 0.306 e. The average molecular weight is 291 g/mol. The van der Waals surface area contributed by atoms with Crippen LogP contribution in [0.25, 0.3) is 0 Å². The van der Waals surface area contributed by atoms with Crippen molar-refractivity contribution in [3.8, 4) is 0 Å². The van der Waals surface area contributed by atoms with Crippen LogP contribution in [-0.4, -0.2) is 28.4 Å². The largest absolute Gasteiger partial charge is 0.481 e. The molecule has 5 heteroatoms. The minimum Gasteiger partial charge on any atom is -0.481 e. The number of carbonyl (C=O) groups excluding carboxylic acids is 1. The van der Waals surface area contributed by atoms with E-state index in [-0.39, 0.29) is 23.8 Å². The van der Waals surface area contributed by atoms with E-state index in [1.807, 2.05) is 17.0 Å². The fourth-order valence-electron chi connectivity index (χ4n) is 3.68. The van der Waals surface area contributed by atoms with Gasteiger partial charge in [0.15, 0.2) is 0 Å². The number of amides is 1. The maximum absolute atomic E-state index is 12.8. The zero-order valence-electron chi connectivity index (χ0n) is 12.0. The summed E-state index contributed by atoms with van der Waals surface area (Å²) >= 11 is 0. The van der Waals surface area contributed by atoms with E-state index in [4.69, 9.17) is 9.52 Å². The Morgan fingerprint density at radius 2 is 2.00 bits per heavy atom. The van der Waals surface area contributed by atoms with Crippen LogP contribution in [-0.2, 0) is 9.59 Å². The number of carboxylic acids is 1. The van der Waals surface area contributed by atoms with Crippen molar-refractivity contribution in [1.29, 1.82) is 0 Å². The number of furan rings is 1. The number of hydrogen-bond donors (Lipinski definition) is 1. The van der Waals surface area contributed by atoms with E-state index in [0.29, 0.717) is 12.8 Å². The monoisotopic (exact) mass is 291 g/mol. The van der Waals surface area contributed by atoms with Crippen molar-refractivity contribution < 1.29 is 19.1 Å². The first kappa shape index (κ1) is 14.2. The molecule has 0 bridgehead atoms. The second-order valence-corrected chi connectivity index (χ2v) is 6.10. The Kier molecular flexibility index (Phi) is 3.99. The molecule has 0 radical (unpaired) electrons. The first-order valence-electron chi connectivity index (χ1n) is 7.73. The van der Waals surface area contributed by atoms with Crippen molar-refractivity contribution >= 4 is 11.9 Å². The molecule has 0 aromatic carbocycles. The standard InChI is InChI=1S/C16H21NO4/c18-15(11-4-1-5-12(10-11)16(19)20)17-8-2-6-13(17)14-7-3-9-21-14/h3,7,9,11-13H,1-2,4-6,8,10H2,(H,19,20). The Morgan fingerprint density at radius 3 is 2.71 bits per heavy atom. The summed E-state index contributed by atoms with van der Waals surface area (Å²) in [5, 5.41) is 9.17. The lowest BCUT2D eigenvalue weighted by Crippen LogP contribution is -2.38. The molecule has 1 saturated carbocycles. The lowest BCUT2D eigenvalue weighted by atomic mass is 9.80. The SMILES string of the molecule is O=C(O)C1CCCC(C(=O)N2CCCC2c2ccco2)C1. The lowest BCUT2D eigenvalue weighted by molar-refractivity contribution is -0.145. The highest BCUT2D eigenvalue weighted by Crippen LogP contribution is 2.37. The molecule has 1 saturated heterocycles. The van der Waals surface area contributed by atoms with Crippen LogP contribution in [0.5, 0.6) is 0 Å². The highest BCUT2D eigenvalue weighted by atomic mass is 16.4. The summed E-state index contributed by atoms with van der Waals surface area (Å²) in [6, 6.07) is 3.78. The maximum atomic E-state index is 12.8. The van der Waals surface area contributed by atoms with Crippen LogP contribution >= 0.6 is 0 Å². The molecule has 5 nitrogen and oxygen atoms in total. The summed E-state index contributed by atoms with van der Waals surface area (Å²) in [5.74, 6) is -0.324. The van der Waals surface area contributed by atoms with Crippen LogP contribution < -0.4 is 0 Å². The van der Waals surface area contributed by atoms with Crippen LogP contribution in [0, 0.1) is 11.8 Å². The molecule has 21 heavy (non-hydrogen) atoms. The van der Waals surface area contributed by atoms with Gasteiger partial charge in [-0.3, -0.25) is 9.59 Å². The number of rotatable bonds is 3. The Morgan fingerprint density at radius 1 is 1.19 bits per heavy atom. The fourth-order valence-corrected chi connectivity index (χ4v) is 3.68. The number of nitrogens with zero attached hydrogens (tertiary/aromatic N) is 1. The van der Waals surface area contributed by atoms with Gasteiger partial charge in [-0.1, -0.05) is 6.42 Å². The van der Waals surface area contributed by atoms with Crippen LogP contribution in [0.1, 0.15) is 50.3 Å². The molecule has 3 rings (SSSR count). The van der Waals surface area contributed by atoms with Crippen molar-refractivity contribution in [3.63, 3.8) is 0 Å². The van der Waals surface area contributed by atoms with E-state index in [2.05, 4.69) is 0 Å². The topological polar surface area (TPSA) is 70.8 Å². The Labute approximate surface area is 123 Å². The van der Waals surface area contributed by atoms with Gasteiger partial charge < -0.3 is 14.4 Å². The quantitative estimate of drug-likeness (QED) is 0.929. The van der Waals surface area contributed by atoms with Crippen molar-refractivity contribution in [2.45, 2.75) is 44.6 Å². The zero-order chi connectivity index (χ0) is 14.8. The molecule has 3 unspecified atom stereocenters. The fraction of sp³-hybridized carbons (Fsp3) is 0.625. The summed E-state index contributed by atoms with van der Waals surface area (Å²) < 4.78 is 5.46. The number of carboxylic acid groups (broad SMARTS) is 1. The Balaban J connectivity index is 1.70. The molecular formula is C16H21NO4. The van der Waals surface area contributed by atoms with Gasteiger partial charge in [0.2, 0.25) is 5.91 Å². The second-order valence-electron chi connectivity index (χ2n) is 6.10. The van der Waals surface area contributed by atoms with Crippen molar-refractivity contribution in [3.05, 3.63) is 24.2 Å². The van der Waals surface area contributed by atoms with E-state index < -0.39 is 5.97 Å². The first-order chi connectivity index (χ1) is 10.2. The van der Waals surface area contributed by atoms with Gasteiger partial charge in [0.1, 0.15) is 5.76 Å². The minimum atomic E-state index is -0.767. The summed E-state index contributed by atoms with van der Waals surface area (Å²) in [5.41, 5.74) is 0. The third-order valence-corrected chi connectivity index (χ3v) is 4.78.